The second kappa shape index (κ2) is 12.4. The van der Waals surface area contributed by atoms with E-state index in [1.54, 1.807) is 0 Å². The first-order valence-electron chi connectivity index (χ1n) is 22.2. The summed E-state index contributed by atoms with van der Waals surface area (Å²) in [7, 11) is 0. The second-order valence-electron chi connectivity index (χ2n) is 17.5. The highest BCUT2D eigenvalue weighted by Gasteiger charge is 2.52. The molecule has 0 radical (unpaired) electrons. The molecule has 0 N–H and O–H groups in total. The van der Waals surface area contributed by atoms with Crippen LogP contribution in [0.4, 0.5) is 0 Å². The molecule has 0 saturated carbocycles. The van der Waals surface area contributed by atoms with E-state index in [4.69, 9.17) is 4.42 Å². The zero-order chi connectivity index (χ0) is 41.7. The predicted octanol–water partition coefficient (Wildman–Crippen LogP) is 15.8. The number of furan rings is 1. The Labute approximate surface area is 368 Å². The molecule has 15 rings (SSSR count). The number of fused-ring (bicyclic) bond motifs is 20. The first-order chi connectivity index (χ1) is 31.8. The average molecular weight is 813 g/mol. The van der Waals surface area contributed by atoms with Crippen molar-refractivity contribution < 1.29 is 4.42 Å². The van der Waals surface area contributed by atoms with Crippen LogP contribution >= 0.6 is 0 Å². The summed E-state index contributed by atoms with van der Waals surface area (Å²) in [5.74, 6) is 0. The number of para-hydroxylation sites is 3. The van der Waals surface area contributed by atoms with Gasteiger partial charge in [-0.15, -0.1) is 0 Å². The minimum absolute atomic E-state index is 0.382. The highest BCUT2D eigenvalue weighted by Crippen LogP contribution is 2.64. The third-order valence-corrected chi connectivity index (χ3v) is 14.5. The maximum Gasteiger partial charge on any atom is 0.137 e. The first-order valence-corrected chi connectivity index (χ1v) is 22.2. The lowest BCUT2D eigenvalue weighted by molar-refractivity contribution is 0.668. The van der Waals surface area contributed by atoms with Gasteiger partial charge in [0.2, 0.25) is 0 Å². The molecule has 64 heavy (non-hydrogen) atoms. The molecule has 1 spiro atoms. The lowest BCUT2D eigenvalue weighted by Crippen LogP contribution is -2.25. The van der Waals surface area contributed by atoms with E-state index in [1.807, 2.05) is 0 Å². The van der Waals surface area contributed by atoms with Crippen LogP contribution in [-0.4, -0.2) is 9.13 Å². The van der Waals surface area contributed by atoms with Crippen molar-refractivity contribution in [2.75, 3.05) is 0 Å². The monoisotopic (exact) mass is 812 g/mol. The van der Waals surface area contributed by atoms with E-state index in [-0.39, 0.29) is 5.41 Å². The molecule has 13 aromatic rings. The highest BCUT2D eigenvalue weighted by atomic mass is 16.3. The summed E-state index contributed by atoms with van der Waals surface area (Å²) in [6.45, 7) is 0. The minimum Gasteiger partial charge on any atom is -0.456 e. The van der Waals surface area contributed by atoms with Crippen LogP contribution in [0.1, 0.15) is 22.3 Å². The van der Waals surface area contributed by atoms with E-state index < -0.39 is 0 Å². The van der Waals surface area contributed by atoms with E-state index in [0.29, 0.717) is 0 Å². The van der Waals surface area contributed by atoms with Gasteiger partial charge in [0.05, 0.1) is 27.5 Å². The van der Waals surface area contributed by atoms with Gasteiger partial charge in [0, 0.05) is 49.8 Å². The van der Waals surface area contributed by atoms with Crippen LogP contribution in [0.5, 0.6) is 0 Å². The maximum atomic E-state index is 6.81. The van der Waals surface area contributed by atoms with Crippen molar-refractivity contribution in [3.63, 3.8) is 0 Å². The largest absolute Gasteiger partial charge is 0.456 e. The predicted molar refractivity (Wildman–Crippen MR) is 264 cm³/mol. The van der Waals surface area contributed by atoms with E-state index in [1.165, 1.54) is 99.2 Å². The molecule has 2 aliphatic rings. The Balaban J connectivity index is 0.937. The van der Waals surface area contributed by atoms with Gasteiger partial charge in [-0.05, 0) is 110 Å². The number of hydrogen-bond donors (Lipinski definition) is 0. The van der Waals surface area contributed by atoms with Gasteiger partial charge in [0.25, 0.3) is 0 Å². The van der Waals surface area contributed by atoms with Gasteiger partial charge in [-0.1, -0.05) is 158 Å². The third kappa shape index (κ3) is 4.21. The minimum atomic E-state index is -0.382. The Hall–Kier alpha value is -8.40. The summed E-state index contributed by atoms with van der Waals surface area (Å²) in [6.07, 6.45) is 0. The Bertz CT molecular complexity index is 4100. The zero-order valence-corrected chi connectivity index (χ0v) is 34.6. The van der Waals surface area contributed by atoms with Crippen LogP contribution < -0.4 is 0 Å². The zero-order valence-electron chi connectivity index (χ0n) is 34.6. The fourth-order valence-corrected chi connectivity index (χ4v) is 12.1. The molecule has 296 valence electrons. The van der Waals surface area contributed by atoms with Crippen molar-refractivity contribution in [2.45, 2.75) is 5.41 Å². The summed E-state index contributed by atoms with van der Waals surface area (Å²) >= 11 is 0. The SMILES string of the molecule is c1ccc(-n2c3ccccc3c3c2ccc2c4ccccc4n(-c4ccc5c(c4)oc4ccc(-c6cccc7c6-c6ccccc6C76c7ccccc7-c7ccccc76)cc45)c23)cc1. The third-order valence-electron chi connectivity index (χ3n) is 14.5. The van der Waals surface area contributed by atoms with Gasteiger partial charge in [0.1, 0.15) is 11.2 Å². The summed E-state index contributed by atoms with van der Waals surface area (Å²) in [5, 5.41) is 7.16. The molecular formula is C61H36N2O. The van der Waals surface area contributed by atoms with Crippen LogP contribution in [0.2, 0.25) is 0 Å². The van der Waals surface area contributed by atoms with Crippen LogP contribution in [0.25, 0.3) is 110 Å². The van der Waals surface area contributed by atoms with Gasteiger partial charge in [-0.25, -0.2) is 0 Å². The molecule has 3 nitrogen and oxygen atoms in total. The van der Waals surface area contributed by atoms with Gasteiger partial charge in [0.15, 0.2) is 0 Å². The van der Waals surface area contributed by atoms with E-state index in [9.17, 15) is 0 Å². The Morgan fingerprint density at radius 1 is 0.328 bits per heavy atom. The highest BCUT2D eigenvalue weighted by molar-refractivity contribution is 6.26. The normalized spacial score (nSPS) is 13.4. The van der Waals surface area contributed by atoms with Gasteiger partial charge in [-0.2, -0.15) is 0 Å². The number of benzene rings is 10. The molecule has 10 aromatic carbocycles. The van der Waals surface area contributed by atoms with E-state index in [0.717, 1.165) is 33.3 Å². The molecule has 3 aromatic heterocycles. The van der Waals surface area contributed by atoms with Crippen LogP contribution in [0, 0.1) is 0 Å². The molecule has 0 fully saturated rings. The molecule has 0 unspecified atom stereocenters. The molecular weight excluding hydrogens is 777 g/mol. The molecule has 3 heterocycles. The topological polar surface area (TPSA) is 23.0 Å². The fraction of sp³-hybridized carbons (Fsp3) is 0.0164. The van der Waals surface area contributed by atoms with Crippen molar-refractivity contribution in [1.82, 2.24) is 9.13 Å². The molecule has 0 aliphatic heterocycles. The molecule has 0 atom stereocenters. The number of nitrogens with zero attached hydrogens (tertiary/aromatic N) is 2. The van der Waals surface area contributed by atoms with Gasteiger partial charge >= 0.3 is 0 Å². The number of rotatable bonds is 3. The van der Waals surface area contributed by atoms with Crippen molar-refractivity contribution in [3.05, 3.63) is 241 Å². The summed E-state index contributed by atoms with van der Waals surface area (Å²) in [4.78, 5) is 0. The second-order valence-corrected chi connectivity index (χ2v) is 17.5. The quantitative estimate of drug-likeness (QED) is 0.174. The summed E-state index contributed by atoms with van der Waals surface area (Å²) < 4.78 is 11.7. The van der Waals surface area contributed by atoms with Crippen LogP contribution in [-0.2, 0) is 5.41 Å². The van der Waals surface area contributed by atoms with Crippen molar-refractivity contribution in [1.29, 1.82) is 0 Å². The smallest absolute Gasteiger partial charge is 0.137 e. The van der Waals surface area contributed by atoms with Crippen LogP contribution in [0.3, 0.4) is 0 Å². The van der Waals surface area contributed by atoms with Crippen LogP contribution in [0.15, 0.2) is 223 Å². The Morgan fingerprint density at radius 2 is 0.938 bits per heavy atom. The standard InChI is InChI=1S/C61H36N2O/c1-2-15-38(16-3-1)62-54-28-13-8-21-47(54)59-55(62)33-32-45-43-19-7-12-27-53(43)63(60(45)59)39-30-31-44-48-35-37(29-34-56(48)64-57(44)36-39)40-22-14-26-52-58(40)46-20-6-11-25-51(46)61(52)49-23-9-4-17-41(49)42-18-5-10-24-50(42)61/h1-36H. The Kier molecular flexibility index (Phi) is 6.61. The molecule has 2 aliphatic carbocycles. The maximum absolute atomic E-state index is 6.81. The number of aromatic nitrogens is 2. The van der Waals surface area contributed by atoms with E-state index in [2.05, 4.69) is 228 Å². The molecule has 0 bridgehead atoms. The van der Waals surface area contributed by atoms with Crippen molar-refractivity contribution in [3.8, 4) is 44.8 Å². The lowest BCUT2D eigenvalue weighted by atomic mass is 9.70. The average Bonchev–Trinajstić information content (AvgIpc) is 4.14. The molecule has 0 amide bonds. The summed E-state index contributed by atoms with van der Waals surface area (Å²) in [5.41, 5.74) is 21.4. The molecule has 0 saturated heterocycles. The molecule has 3 heteroatoms. The summed E-state index contributed by atoms with van der Waals surface area (Å²) in [6, 6.07) is 80.5. The van der Waals surface area contributed by atoms with Crippen molar-refractivity contribution >= 4 is 65.6 Å². The number of hydrogen-bond acceptors (Lipinski definition) is 1. The van der Waals surface area contributed by atoms with Gasteiger partial charge < -0.3 is 13.6 Å². The first kappa shape index (κ1) is 34.2. The fourth-order valence-electron chi connectivity index (χ4n) is 12.1. The van der Waals surface area contributed by atoms with Gasteiger partial charge in [-0.3, -0.25) is 0 Å². The lowest BCUT2D eigenvalue weighted by Gasteiger charge is -2.30. The van der Waals surface area contributed by atoms with Crippen molar-refractivity contribution in [2.24, 2.45) is 0 Å². The Morgan fingerprint density at radius 3 is 1.72 bits per heavy atom. The van der Waals surface area contributed by atoms with E-state index >= 15 is 0 Å².